The Labute approximate surface area is 108 Å². The Balaban J connectivity index is 2.22. The fourth-order valence-electron chi connectivity index (χ4n) is 2.07. The molecule has 0 aromatic heterocycles. The second-order valence-electron chi connectivity index (χ2n) is 4.70. The van der Waals surface area contributed by atoms with Gasteiger partial charge in [0.15, 0.2) is 0 Å². The highest BCUT2D eigenvalue weighted by atomic mass is 16.2. The van der Waals surface area contributed by atoms with Gasteiger partial charge in [-0.3, -0.25) is 14.5 Å². The zero-order valence-corrected chi connectivity index (χ0v) is 11.1. The first-order valence-electron chi connectivity index (χ1n) is 6.65. The summed E-state index contributed by atoms with van der Waals surface area (Å²) in [7, 11) is 0. The van der Waals surface area contributed by atoms with Crippen LogP contribution in [0, 0.1) is 0 Å². The van der Waals surface area contributed by atoms with E-state index in [0.717, 1.165) is 13.1 Å². The second-order valence-corrected chi connectivity index (χ2v) is 4.70. The summed E-state index contributed by atoms with van der Waals surface area (Å²) in [6, 6.07) is 0.275. The summed E-state index contributed by atoms with van der Waals surface area (Å²) in [6.45, 7) is 5.40. The van der Waals surface area contributed by atoms with E-state index in [1.54, 1.807) is 0 Å². The lowest BCUT2D eigenvalue weighted by atomic mass is 10.1. The summed E-state index contributed by atoms with van der Waals surface area (Å²) in [6.07, 6.45) is 3.72. The summed E-state index contributed by atoms with van der Waals surface area (Å²) in [4.78, 5) is 25.1. The van der Waals surface area contributed by atoms with Gasteiger partial charge >= 0.3 is 11.8 Å². The summed E-state index contributed by atoms with van der Waals surface area (Å²) < 4.78 is 0. The average Bonchev–Trinajstić information content (AvgIpc) is 2.42. The highest BCUT2D eigenvalue weighted by molar-refractivity contribution is 6.35. The topological polar surface area (TPSA) is 87.5 Å². The number of nitrogens with zero attached hydrogens (tertiary/aromatic N) is 1. The van der Waals surface area contributed by atoms with Crippen molar-refractivity contribution < 1.29 is 9.59 Å². The number of carbonyl (C=O) groups excluding carboxylic acids is 2. The molecule has 0 aliphatic carbocycles. The summed E-state index contributed by atoms with van der Waals surface area (Å²) in [5.41, 5.74) is 5.24. The first-order valence-corrected chi connectivity index (χ1v) is 6.65. The fourth-order valence-corrected chi connectivity index (χ4v) is 2.07. The Morgan fingerprint density at radius 2 is 1.78 bits per heavy atom. The van der Waals surface area contributed by atoms with Crippen LogP contribution in [0.15, 0.2) is 0 Å². The summed E-state index contributed by atoms with van der Waals surface area (Å²) in [5.74, 6) is -1.18. The van der Waals surface area contributed by atoms with E-state index in [4.69, 9.17) is 5.73 Å². The van der Waals surface area contributed by atoms with Gasteiger partial charge in [-0.1, -0.05) is 6.42 Å². The van der Waals surface area contributed by atoms with Crippen molar-refractivity contribution >= 4 is 11.8 Å². The molecule has 6 nitrogen and oxygen atoms in total. The second kappa shape index (κ2) is 8.05. The Morgan fingerprint density at radius 3 is 2.39 bits per heavy atom. The van der Waals surface area contributed by atoms with Crippen molar-refractivity contribution in [1.29, 1.82) is 0 Å². The van der Waals surface area contributed by atoms with Crippen molar-refractivity contribution in [3.8, 4) is 0 Å². The van der Waals surface area contributed by atoms with Gasteiger partial charge in [0.1, 0.15) is 0 Å². The van der Waals surface area contributed by atoms with E-state index in [1.165, 1.54) is 19.3 Å². The number of hydrogen-bond acceptors (Lipinski definition) is 4. The first-order chi connectivity index (χ1) is 8.65. The molecule has 6 heteroatoms. The van der Waals surface area contributed by atoms with Crippen LogP contribution in [0.4, 0.5) is 0 Å². The Kier molecular flexibility index (Phi) is 6.67. The van der Waals surface area contributed by atoms with E-state index in [1.807, 2.05) is 0 Å². The molecule has 1 unspecified atom stereocenters. The number of rotatable bonds is 5. The number of nitrogens with one attached hydrogen (secondary N) is 2. The molecule has 1 atom stereocenters. The number of hydrogen-bond donors (Lipinski definition) is 3. The SMILES string of the molecule is CC(CNC(=O)C(=O)NCCN)N1CCCCC1. The van der Waals surface area contributed by atoms with Crippen LogP contribution >= 0.6 is 0 Å². The van der Waals surface area contributed by atoms with E-state index in [0.29, 0.717) is 19.6 Å². The molecule has 0 aromatic carbocycles. The van der Waals surface area contributed by atoms with E-state index in [-0.39, 0.29) is 6.04 Å². The minimum atomic E-state index is -0.605. The van der Waals surface area contributed by atoms with Crippen LogP contribution in [-0.4, -0.2) is 55.5 Å². The summed E-state index contributed by atoms with van der Waals surface area (Å²) in [5, 5.41) is 5.10. The number of amides is 2. The molecule has 1 saturated heterocycles. The van der Waals surface area contributed by atoms with Crippen LogP contribution in [-0.2, 0) is 9.59 Å². The molecule has 1 rings (SSSR count). The quantitative estimate of drug-likeness (QED) is 0.554. The highest BCUT2D eigenvalue weighted by Crippen LogP contribution is 2.11. The maximum absolute atomic E-state index is 11.5. The molecule has 2 amide bonds. The number of nitrogens with two attached hydrogens (primary N) is 1. The molecule has 1 fully saturated rings. The zero-order chi connectivity index (χ0) is 13.4. The van der Waals surface area contributed by atoms with Gasteiger partial charge in [-0.05, 0) is 32.9 Å². The van der Waals surface area contributed by atoms with Crippen molar-refractivity contribution in [2.75, 3.05) is 32.7 Å². The molecular formula is C12H24N4O2. The van der Waals surface area contributed by atoms with Crippen LogP contribution in [0.1, 0.15) is 26.2 Å². The van der Waals surface area contributed by atoms with Crippen molar-refractivity contribution in [1.82, 2.24) is 15.5 Å². The maximum atomic E-state index is 11.5. The first kappa shape index (κ1) is 14.9. The molecule has 0 radical (unpaired) electrons. The molecule has 1 heterocycles. The maximum Gasteiger partial charge on any atom is 0.309 e. The highest BCUT2D eigenvalue weighted by Gasteiger charge is 2.18. The molecule has 0 aromatic rings. The third-order valence-corrected chi connectivity index (χ3v) is 3.21. The van der Waals surface area contributed by atoms with Crippen molar-refractivity contribution in [2.45, 2.75) is 32.2 Å². The van der Waals surface area contributed by atoms with Crippen molar-refractivity contribution in [2.24, 2.45) is 5.73 Å². The molecule has 1 aliphatic heterocycles. The van der Waals surface area contributed by atoms with Crippen LogP contribution < -0.4 is 16.4 Å². The molecule has 0 bridgehead atoms. The van der Waals surface area contributed by atoms with Gasteiger partial charge in [0.2, 0.25) is 0 Å². The zero-order valence-electron chi connectivity index (χ0n) is 11.1. The standard InChI is InChI=1S/C12H24N4O2/c1-10(16-7-3-2-4-8-16)9-15-12(18)11(17)14-6-5-13/h10H,2-9,13H2,1H3,(H,14,17)(H,15,18). The lowest BCUT2D eigenvalue weighted by molar-refractivity contribution is -0.139. The minimum absolute atomic E-state index is 0.275. The Hall–Kier alpha value is -1.14. The van der Waals surface area contributed by atoms with Gasteiger partial charge in [-0.25, -0.2) is 0 Å². The smallest absolute Gasteiger partial charge is 0.309 e. The average molecular weight is 256 g/mol. The van der Waals surface area contributed by atoms with Crippen molar-refractivity contribution in [3.63, 3.8) is 0 Å². The Morgan fingerprint density at radius 1 is 1.17 bits per heavy atom. The monoisotopic (exact) mass is 256 g/mol. The third kappa shape index (κ3) is 5.01. The van der Waals surface area contributed by atoms with Gasteiger partial charge < -0.3 is 16.4 Å². The van der Waals surface area contributed by atoms with Crippen LogP contribution in [0.3, 0.4) is 0 Å². The number of piperidine rings is 1. The van der Waals surface area contributed by atoms with E-state index in [2.05, 4.69) is 22.5 Å². The predicted octanol–water partition coefficient (Wildman–Crippen LogP) is -0.948. The third-order valence-electron chi connectivity index (χ3n) is 3.21. The van der Waals surface area contributed by atoms with Gasteiger partial charge in [-0.15, -0.1) is 0 Å². The van der Waals surface area contributed by atoms with Gasteiger partial charge in [0, 0.05) is 25.7 Å². The summed E-state index contributed by atoms with van der Waals surface area (Å²) >= 11 is 0. The lowest BCUT2D eigenvalue weighted by Gasteiger charge is -2.32. The Bertz CT molecular complexity index is 277. The molecule has 0 spiro atoms. The molecule has 4 N–H and O–H groups in total. The molecule has 1 aliphatic rings. The van der Waals surface area contributed by atoms with Crippen LogP contribution in [0.2, 0.25) is 0 Å². The lowest BCUT2D eigenvalue weighted by Crippen LogP contribution is -2.48. The number of carbonyl (C=O) groups is 2. The van der Waals surface area contributed by atoms with E-state index >= 15 is 0 Å². The molecular weight excluding hydrogens is 232 g/mol. The normalized spacial score (nSPS) is 18.1. The minimum Gasteiger partial charge on any atom is -0.347 e. The largest absolute Gasteiger partial charge is 0.347 e. The van der Waals surface area contributed by atoms with Crippen molar-refractivity contribution in [3.05, 3.63) is 0 Å². The van der Waals surface area contributed by atoms with Gasteiger partial charge in [0.25, 0.3) is 0 Å². The van der Waals surface area contributed by atoms with E-state index < -0.39 is 11.8 Å². The predicted molar refractivity (Wildman–Crippen MR) is 70.0 cm³/mol. The van der Waals surface area contributed by atoms with E-state index in [9.17, 15) is 9.59 Å². The molecule has 18 heavy (non-hydrogen) atoms. The molecule has 104 valence electrons. The fraction of sp³-hybridized carbons (Fsp3) is 0.833. The van der Waals surface area contributed by atoms with Gasteiger partial charge in [-0.2, -0.15) is 0 Å². The van der Waals surface area contributed by atoms with Crippen LogP contribution in [0.25, 0.3) is 0 Å². The van der Waals surface area contributed by atoms with Crippen LogP contribution in [0.5, 0.6) is 0 Å². The van der Waals surface area contributed by atoms with Gasteiger partial charge in [0.05, 0.1) is 0 Å². The number of likely N-dealkylation sites (tertiary alicyclic amines) is 1. The molecule has 0 saturated carbocycles.